The number of halogens is 2. The number of anilines is 1. The van der Waals surface area contributed by atoms with Gasteiger partial charge in [-0.25, -0.2) is 0 Å². The third kappa shape index (κ3) is 4.16. The molecule has 22 heavy (non-hydrogen) atoms. The lowest BCUT2D eigenvalue weighted by atomic mass is 10.3. The van der Waals surface area contributed by atoms with E-state index in [-0.39, 0.29) is 5.91 Å². The molecule has 1 aromatic carbocycles. The largest absolute Gasteiger partial charge is 0.366 e. The van der Waals surface area contributed by atoms with Crippen LogP contribution in [-0.2, 0) is 4.79 Å². The molecule has 116 valence electrons. The van der Waals surface area contributed by atoms with Crippen LogP contribution in [0.5, 0.6) is 0 Å². The molecule has 1 heterocycles. The Morgan fingerprint density at radius 3 is 2.73 bits per heavy atom. The fraction of sp³-hybridized carbons (Fsp3) is 0.143. The Morgan fingerprint density at radius 2 is 2.05 bits per heavy atom. The van der Waals surface area contributed by atoms with Crippen LogP contribution in [0.3, 0.4) is 0 Å². The van der Waals surface area contributed by atoms with E-state index in [0.29, 0.717) is 20.6 Å². The number of carbonyl (C=O) groups is 2. The van der Waals surface area contributed by atoms with Gasteiger partial charge in [-0.15, -0.1) is 23.1 Å². The van der Waals surface area contributed by atoms with Gasteiger partial charge in [0.15, 0.2) is 0 Å². The number of carbonyl (C=O) groups excluding carboxylic acids is 2. The maximum Gasteiger partial charge on any atom is 0.251 e. The summed E-state index contributed by atoms with van der Waals surface area (Å²) in [6, 6.07) is 6.65. The maximum atomic E-state index is 12.2. The van der Waals surface area contributed by atoms with Crippen molar-refractivity contribution in [1.82, 2.24) is 0 Å². The number of thiophene rings is 1. The Labute approximate surface area is 146 Å². The minimum atomic E-state index is -0.574. The van der Waals surface area contributed by atoms with E-state index in [0.717, 1.165) is 4.90 Å². The predicted octanol–water partition coefficient (Wildman–Crippen LogP) is 4.27. The van der Waals surface area contributed by atoms with E-state index < -0.39 is 11.2 Å². The first-order valence-corrected chi connectivity index (χ1v) is 8.70. The Morgan fingerprint density at radius 1 is 1.32 bits per heavy atom. The molecule has 2 rings (SSSR count). The average Bonchev–Trinajstić information content (AvgIpc) is 2.91. The second kappa shape index (κ2) is 7.37. The molecule has 0 saturated heterocycles. The van der Waals surface area contributed by atoms with Crippen LogP contribution >= 0.6 is 46.3 Å². The lowest BCUT2D eigenvalue weighted by Crippen LogP contribution is -2.23. The van der Waals surface area contributed by atoms with E-state index in [2.05, 4.69) is 5.32 Å². The molecule has 0 radical (unpaired) electrons. The summed E-state index contributed by atoms with van der Waals surface area (Å²) in [6.07, 6.45) is 0. The molecular weight excluding hydrogens is 363 g/mol. The number of benzene rings is 1. The van der Waals surface area contributed by atoms with Crippen LogP contribution in [0.25, 0.3) is 0 Å². The number of nitrogens with two attached hydrogens (primary N) is 1. The maximum absolute atomic E-state index is 12.2. The molecule has 0 aliphatic rings. The molecule has 0 aliphatic heterocycles. The third-order valence-corrected chi connectivity index (χ3v) is 5.40. The molecule has 2 amide bonds. The summed E-state index contributed by atoms with van der Waals surface area (Å²) in [5.74, 6) is -0.819. The van der Waals surface area contributed by atoms with E-state index in [1.807, 2.05) is 0 Å². The molecule has 0 unspecified atom stereocenters. The molecular formula is C14H12Cl2N2O2S2. The van der Waals surface area contributed by atoms with Crippen LogP contribution in [-0.4, -0.2) is 17.1 Å². The monoisotopic (exact) mass is 374 g/mol. The van der Waals surface area contributed by atoms with E-state index in [9.17, 15) is 9.59 Å². The van der Waals surface area contributed by atoms with Crippen LogP contribution in [0.15, 0.2) is 34.5 Å². The van der Waals surface area contributed by atoms with Gasteiger partial charge < -0.3 is 11.1 Å². The third-order valence-electron chi connectivity index (χ3n) is 2.73. The average molecular weight is 375 g/mol. The highest BCUT2D eigenvalue weighted by Gasteiger charge is 2.19. The zero-order chi connectivity index (χ0) is 16.3. The Hall–Kier alpha value is -1.21. The van der Waals surface area contributed by atoms with Gasteiger partial charge in [-0.1, -0.05) is 23.2 Å². The molecule has 0 saturated carbocycles. The number of hydrogen-bond donors (Lipinski definition) is 2. The summed E-state index contributed by atoms with van der Waals surface area (Å²) in [4.78, 5) is 24.2. The number of rotatable bonds is 5. The summed E-state index contributed by atoms with van der Waals surface area (Å²) in [6.45, 7) is 1.74. The topological polar surface area (TPSA) is 72.2 Å². The van der Waals surface area contributed by atoms with Gasteiger partial charge in [-0.2, -0.15) is 0 Å². The standard InChI is InChI=1S/C14H12Cl2N2O2S2/c1-7(22-11-6-8(15)2-3-10(11)16)13(20)18-14-9(12(17)19)4-5-21-14/h2-7H,1H3,(H2,17,19)(H,18,20)/t7-/m1/s1. The molecule has 0 aliphatic carbocycles. The SMILES string of the molecule is C[C@@H](Sc1cc(Cl)ccc1Cl)C(=O)Nc1sccc1C(N)=O. The van der Waals surface area contributed by atoms with E-state index >= 15 is 0 Å². The van der Waals surface area contributed by atoms with Crippen LogP contribution in [0.4, 0.5) is 5.00 Å². The van der Waals surface area contributed by atoms with Crippen LogP contribution in [0.2, 0.25) is 10.0 Å². The molecule has 1 aromatic heterocycles. The molecule has 0 spiro atoms. The van der Waals surface area contributed by atoms with Gasteiger partial charge in [0.25, 0.3) is 5.91 Å². The van der Waals surface area contributed by atoms with Crippen molar-refractivity contribution in [2.24, 2.45) is 5.73 Å². The van der Waals surface area contributed by atoms with E-state index in [1.165, 1.54) is 23.1 Å². The Balaban J connectivity index is 2.08. The van der Waals surface area contributed by atoms with Crippen LogP contribution < -0.4 is 11.1 Å². The minimum Gasteiger partial charge on any atom is -0.366 e. The molecule has 4 nitrogen and oxygen atoms in total. The predicted molar refractivity (Wildman–Crippen MR) is 93.2 cm³/mol. The van der Waals surface area contributed by atoms with Crippen LogP contribution in [0.1, 0.15) is 17.3 Å². The van der Waals surface area contributed by atoms with Crippen molar-refractivity contribution in [3.8, 4) is 0 Å². The zero-order valence-electron chi connectivity index (χ0n) is 11.4. The van der Waals surface area contributed by atoms with Crippen LogP contribution in [0, 0.1) is 0 Å². The van der Waals surface area contributed by atoms with Crippen molar-refractivity contribution >= 4 is 63.1 Å². The van der Waals surface area contributed by atoms with E-state index in [1.54, 1.807) is 36.6 Å². The summed E-state index contributed by atoms with van der Waals surface area (Å²) in [5, 5.41) is 5.51. The van der Waals surface area contributed by atoms with Crippen molar-refractivity contribution in [3.63, 3.8) is 0 Å². The second-order valence-electron chi connectivity index (χ2n) is 4.35. The highest BCUT2D eigenvalue weighted by Crippen LogP contribution is 2.33. The van der Waals surface area contributed by atoms with Crippen molar-refractivity contribution < 1.29 is 9.59 Å². The summed E-state index contributed by atoms with van der Waals surface area (Å²) >= 11 is 14.5. The van der Waals surface area contributed by atoms with Crippen molar-refractivity contribution in [2.45, 2.75) is 17.1 Å². The Bertz CT molecular complexity index is 719. The van der Waals surface area contributed by atoms with E-state index in [4.69, 9.17) is 28.9 Å². The van der Waals surface area contributed by atoms with Gasteiger partial charge in [-0.05, 0) is 36.6 Å². The second-order valence-corrected chi connectivity index (χ2v) is 7.49. The highest BCUT2D eigenvalue weighted by atomic mass is 35.5. The quantitative estimate of drug-likeness (QED) is 0.767. The summed E-state index contributed by atoms with van der Waals surface area (Å²) < 4.78 is 0. The van der Waals surface area contributed by atoms with Gasteiger partial charge in [0.2, 0.25) is 5.91 Å². The number of thioether (sulfide) groups is 1. The normalized spacial score (nSPS) is 12.0. The lowest BCUT2D eigenvalue weighted by Gasteiger charge is -2.13. The summed E-state index contributed by atoms with van der Waals surface area (Å²) in [5.41, 5.74) is 5.55. The molecule has 0 bridgehead atoms. The first-order valence-electron chi connectivity index (χ1n) is 6.18. The van der Waals surface area contributed by atoms with Gasteiger partial charge >= 0.3 is 0 Å². The summed E-state index contributed by atoms with van der Waals surface area (Å²) in [7, 11) is 0. The fourth-order valence-electron chi connectivity index (χ4n) is 1.63. The van der Waals surface area contributed by atoms with Gasteiger partial charge in [-0.3, -0.25) is 9.59 Å². The van der Waals surface area contributed by atoms with Gasteiger partial charge in [0.05, 0.1) is 15.8 Å². The lowest BCUT2D eigenvalue weighted by molar-refractivity contribution is -0.115. The molecule has 0 fully saturated rings. The molecule has 8 heteroatoms. The smallest absolute Gasteiger partial charge is 0.251 e. The number of hydrogen-bond acceptors (Lipinski definition) is 4. The molecule has 1 atom stereocenters. The van der Waals surface area contributed by atoms with Gasteiger partial charge in [0, 0.05) is 9.92 Å². The first-order chi connectivity index (χ1) is 10.4. The number of nitrogens with one attached hydrogen (secondary N) is 1. The van der Waals surface area contributed by atoms with Crippen molar-refractivity contribution in [2.75, 3.05) is 5.32 Å². The number of primary amides is 1. The zero-order valence-corrected chi connectivity index (χ0v) is 14.6. The van der Waals surface area contributed by atoms with Crippen molar-refractivity contribution in [3.05, 3.63) is 45.3 Å². The molecule has 2 aromatic rings. The Kier molecular flexibility index (Phi) is 5.74. The fourth-order valence-corrected chi connectivity index (χ4v) is 3.83. The van der Waals surface area contributed by atoms with Gasteiger partial charge in [0.1, 0.15) is 5.00 Å². The first kappa shape index (κ1) is 17.1. The minimum absolute atomic E-state index is 0.244. The van der Waals surface area contributed by atoms with Crippen molar-refractivity contribution in [1.29, 1.82) is 0 Å². The number of amides is 2. The highest BCUT2D eigenvalue weighted by molar-refractivity contribution is 8.00. The molecule has 3 N–H and O–H groups in total.